The highest BCUT2D eigenvalue weighted by Gasteiger charge is 2.12. The first-order valence-electron chi connectivity index (χ1n) is 8.72. The first kappa shape index (κ1) is 20.5. The number of amides is 1. The Morgan fingerprint density at radius 1 is 0.966 bits per heavy atom. The smallest absolute Gasteiger partial charge is 0.349 e. The third kappa shape index (κ3) is 6.15. The zero-order chi connectivity index (χ0) is 20.6. The van der Waals surface area contributed by atoms with Gasteiger partial charge in [0.25, 0.3) is 5.91 Å². The molecule has 3 rings (SSSR count). The van der Waals surface area contributed by atoms with E-state index in [1.54, 1.807) is 24.3 Å². The van der Waals surface area contributed by atoms with Gasteiger partial charge in [-0.2, -0.15) is 0 Å². The lowest BCUT2D eigenvalue weighted by Gasteiger charge is -2.09. The summed E-state index contributed by atoms with van der Waals surface area (Å²) in [6, 6.07) is 20.0. The number of benzene rings is 3. The maximum absolute atomic E-state index is 13.7. The molecule has 0 unspecified atom stereocenters. The van der Waals surface area contributed by atoms with Crippen molar-refractivity contribution >= 4 is 27.8 Å². The first-order chi connectivity index (χ1) is 14.0. The number of halogens is 2. The van der Waals surface area contributed by atoms with E-state index in [-0.39, 0.29) is 17.4 Å². The van der Waals surface area contributed by atoms with Gasteiger partial charge in [0, 0.05) is 16.6 Å². The molecule has 0 aliphatic rings. The van der Waals surface area contributed by atoms with E-state index in [1.807, 2.05) is 30.3 Å². The number of nitrogens with one attached hydrogen (secondary N) is 1. The van der Waals surface area contributed by atoms with Gasteiger partial charge >= 0.3 is 5.97 Å². The highest BCUT2D eigenvalue weighted by Crippen LogP contribution is 2.21. The second-order valence-corrected chi connectivity index (χ2v) is 6.95. The summed E-state index contributed by atoms with van der Waals surface area (Å²) in [5.41, 5.74) is 1.33. The summed E-state index contributed by atoms with van der Waals surface area (Å²) in [5, 5.41) is 2.80. The van der Waals surface area contributed by atoms with Gasteiger partial charge in [-0.05, 0) is 42.0 Å². The van der Waals surface area contributed by atoms with Crippen LogP contribution in [0.2, 0.25) is 0 Å². The van der Waals surface area contributed by atoms with Crippen LogP contribution in [-0.4, -0.2) is 18.5 Å². The van der Waals surface area contributed by atoms with Gasteiger partial charge < -0.3 is 14.8 Å². The molecule has 0 heterocycles. The molecule has 0 spiro atoms. The summed E-state index contributed by atoms with van der Waals surface area (Å²) in [5.74, 6) is -1.46. The molecule has 0 aliphatic heterocycles. The van der Waals surface area contributed by atoms with Gasteiger partial charge in [0.05, 0.1) is 0 Å². The van der Waals surface area contributed by atoms with Crippen LogP contribution in [-0.2, 0) is 11.3 Å². The van der Waals surface area contributed by atoms with E-state index in [4.69, 9.17) is 9.47 Å². The van der Waals surface area contributed by atoms with Crippen molar-refractivity contribution in [1.29, 1.82) is 0 Å². The number of carbonyl (C=O) groups is 2. The number of carbonyl (C=O) groups excluding carboxylic acids is 2. The number of rotatable bonds is 7. The van der Waals surface area contributed by atoms with Gasteiger partial charge in [-0.15, -0.1) is 0 Å². The number of esters is 1. The topological polar surface area (TPSA) is 64.6 Å². The highest BCUT2D eigenvalue weighted by atomic mass is 79.9. The van der Waals surface area contributed by atoms with Crippen LogP contribution in [0.25, 0.3) is 0 Å². The van der Waals surface area contributed by atoms with Crippen molar-refractivity contribution in [1.82, 2.24) is 5.32 Å². The second kappa shape index (κ2) is 9.84. The Kier molecular flexibility index (Phi) is 6.97. The summed E-state index contributed by atoms with van der Waals surface area (Å²) in [4.78, 5) is 24.3. The highest BCUT2D eigenvalue weighted by molar-refractivity contribution is 9.10. The predicted molar refractivity (Wildman–Crippen MR) is 109 cm³/mol. The summed E-state index contributed by atoms with van der Waals surface area (Å²) in [7, 11) is 0. The van der Waals surface area contributed by atoms with Gasteiger partial charge in [-0.1, -0.05) is 52.3 Å². The number of hydrogen-bond donors (Lipinski definition) is 1. The molecule has 0 bridgehead atoms. The van der Waals surface area contributed by atoms with E-state index in [0.717, 1.165) is 5.56 Å². The Hall–Kier alpha value is -3.19. The van der Waals surface area contributed by atoms with Crippen molar-refractivity contribution in [3.63, 3.8) is 0 Å². The van der Waals surface area contributed by atoms with Gasteiger partial charge in [-0.25, -0.2) is 9.18 Å². The number of hydrogen-bond acceptors (Lipinski definition) is 4. The zero-order valence-electron chi connectivity index (χ0n) is 15.2. The molecule has 0 radical (unpaired) electrons. The van der Waals surface area contributed by atoms with E-state index in [9.17, 15) is 14.0 Å². The Bertz CT molecular complexity index is 1010. The van der Waals surface area contributed by atoms with E-state index < -0.39 is 18.4 Å². The molecule has 0 aliphatic carbocycles. The molecule has 148 valence electrons. The molecule has 3 aromatic carbocycles. The summed E-state index contributed by atoms with van der Waals surface area (Å²) in [6.45, 7) is -0.0841. The lowest BCUT2D eigenvalue weighted by Crippen LogP contribution is -2.23. The summed E-state index contributed by atoms with van der Waals surface area (Å²) in [6.07, 6.45) is 0. The minimum Gasteiger partial charge on any atom is -0.479 e. The van der Waals surface area contributed by atoms with Crippen LogP contribution in [0, 0.1) is 5.82 Å². The fourth-order valence-corrected chi connectivity index (χ4v) is 2.80. The van der Waals surface area contributed by atoms with Crippen LogP contribution in [0.15, 0.2) is 77.3 Å². The largest absolute Gasteiger partial charge is 0.479 e. The van der Waals surface area contributed by atoms with Gasteiger partial charge in [-0.3, -0.25) is 4.79 Å². The standard InChI is InChI=1S/C22H17BrFNO4/c23-17-9-10-20(19(24)12-17)28-14-21(26)29-18-8-4-7-16(11-18)22(27)25-13-15-5-2-1-3-6-15/h1-12H,13-14H2,(H,25,27). The van der Waals surface area contributed by atoms with E-state index in [2.05, 4.69) is 21.2 Å². The Morgan fingerprint density at radius 3 is 2.52 bits per heavy atom. The maximum atomic E-state index is 13.7. The maximum Gasteiger partial charge on any atom is 0.349 e. The van der Waals surface area contributed by atoms with Crippen LogP contribution in [0.5, 0.6) is 11.5 Å². The van der Waals surface area contributed by atoms with E-state index in [0.29, 0.717) is 16.6 Å². The molecular weight excluding hydrogens is 441 g/mol. The lowest BCUT2D eigenvalue weighted by molar-refractivity contribution is -0.136. The Morgan fingerprint density at radius 2 is 1.76 bits per heavy atom. The van der Waals surface area contributed by atoms with Crippen molar-refractivity contribution in [2.75, 3.05) is 6.61 Å². The van der Waals surface area contributed by atoms with Crippen molar-refractivity contribution < 1.29 is 23.5 Å². The van der Waals surface area contributed by atoms with Crippen molar-refractivity contribution in [3.8, 4) is 11.5 Å². The minimum absolute atomic E-state index is 0.0563. The lowest BCUT2D eigenvalue weighted by atomic mass is 10.2. The molecule has 1 amide bonds. The predicted octanol–water partition coefficient (Wildman–Crippen LogP) is 4.50. The average Bonchev–Trinajstić information content (AvgIpc) is 2.72. The molecule has 0 atom stereocenters. The molecule has 1 N–H and O–H groups in total. The fraction of sp³-hybridized carbons (Fsp3) is 0.0909. The molecule has 0 fully saturated rings. The SMILES string of the molecule is O=C(COc1ccc(Br)cc1F)Oc1cccc(C(=O)NCc2ccccc2)c1. The average molecular weight is 458 g/mol. The number of ether oxygens (including phenoxy) is 2. The normalized spacial score (nSPS) is 10.3. The molecule has 5 nitrogen and oxygen atoms in total. The Balaban J connectivity index is 1.54. The van der Waals surface area contributed by atoms with Crippen LogP contribution in [0.1, 0.15) is 15.9 Å². The summed E-state index contributed by atoms with van der Waals surface area (Å²) >= 11 is 3.14. The molecule has 3 aromatic rings. The third-order valence-electron chi connectivity index (χ3n) is 3.86. The van der Waals surface area contributed by atoms with Crippen LogP contribution < -0.4 is 14.8 Å². The van der Waals surface area contributed by atoms with Crippen molar-refractivity contribution in [2.45, 2.75) is 6.54 Å². The van der Waals surface area contributed by atoms with Crippen molar-refractivity contribution in [2.24, 2.45) is 0 Å². The van der Waals surface area contributed by atoms with Gasteiger partial charge in [0.2, 0.25) is 0 Å². The molecule has 7 heteroatoms. The van der Waals surface area contributed by atoms with Crippen LogP contribution in [0.3, 0.4) is 0 Å². The van der Waals surface area contributed by atoms with E-state index >= 15 is 0 Å². The molecule has 0 saturated carbocycles. The van der Waals surface area contributed by atoms with Crippen LogP contribution in [0.4, 0.5) is 4.39 Å². The molecule has 0 saturated heterocycles. The summed E-state index contributed by atoms with van der Waals surface area (Å²) < 4.78 is 24.6. The second-order valence-electron chi connectivity index (χ2n) is 6.03. The van der Waals surface area contributed by atoms with E-state index in [1.165, 1.54) is 18.2 Å². The van der Waals surface area contributed by atoms with Crippen molar-refractivity contribution in [3.05, 3.63) is 94.2 Å². The monoisotopic (exact) mass is 457 g/mol. The fourth-order valence-electron chi connectivity index (χ4n) is 2.47. The first-order valence-corrected chi connectivity index (χ1v) is 9.51. The minimum atomic E-state index is -0.714. The Labute approximate surface area is 175 Å². The quantitative estimate of drug-likeness (QED) is 0.418. The molecular formula is C22H17BrFNO4. The van der Waals surface area contributed by atoms with Crippen LogP contribution >= 0.6 is 15.9 Å². The van der Waals surface area contributed by atoms with Gasteiger partial charge in [0.1, 0.15) is 5.75 Å². The third-order valence-corrected chi connectivity index (χ3v) is 4.36. The molecule has 29 heavy (non-hydrogen) atoms. The molecule has 0 aromatic heterocycles. The van der Waals surface area contributed by atoms with Gasteiger partial charge in [0.15, 0.2) is 18.2 Å². The zero-order valence-corrected chi connectivity index (χ0v) is 16.8.